The zero-order valence-electron chi connectivity index (χ0n) is 19.4. The summed E-state index contributed by atoms with van der Waals surface area (Å²) in [6.45, 7) is 1.39. The molecule has 182 valence electrons. The summed E-state index contributed by atoms with van der Waals surface area (Å²) in [5.74, 6) is -0.883. The van der Waals surface area contributed by atoms with E-state index in [1.807, 2.05) is 60.7 Å². The van der Waals surface area contributed by atoms with Crippen LogP contribution in [-0.4, -0.2) is 30.4 Å². The number of benzene rings is 3. The van der Waals surface area contributed by atoms with Crippen LogP contribution in [0.2, 0.25) is 0 Å². The second-order valence-corrected chi connectivity index (χ2v) is 7.84. The highest BCUT2D eigenvalue weighted by molar-refractivity contribution is 5.88. The van der Waals surface area contributed by atoms with Gasteiger partial charge in [0.25, 0.3) is 5.91 Å². The summed E-state index contributed by atoms with van der Waals surface area (Å²) >= 11 is 0. The molecule has 1 atom stereocenters. The SMILES string of the molecule is CC(=O)OCC(=O)N[C@H](Cc1ccc(OCc2ccccc2)c(OCc2ccccc2)c1)C(N)=O. The van der Waals surface area contributed by atoms with Gasteiger partial charge in [-0.3, -0.25) is 14.4 Å². The third kappa shape index (κ3) is 8.51. The zero-order valence-corrected chi connectivity index (χ0v) is 19.4. The first-order valence-corrected chi connectivity index (χ1v) is 11.1. The van der Waals surface area contributed by atoms with Crippen LogP contribution < -0.4 is 20.5 Å². The van der Waals surface area contributed by atoms with Gasteiger partial charge in [-0.05, 0) is 28.8 Å². The third-order valence-electron chi connectivity index (χ3n) is 5.01. The van der Waals surface area contributed by atoms with E-state index in [4.69, 9.17) is 15.2 Å². The molecule has 8 nitrogen and oxygen atoms in total. The van der Waals surface area contributed by atoms with Gasteiger partial charge in [0.15, 0.2) is 18.1 Å². The summed E-state index contributed by atoms with van der Waals surface area (Å²) in [5.41, 5.74) is 8.19. The van der Waals surface area contributed by atoms with Gasteiger partial charge in [-0.25, -0.2) is 0 Å². The van der Waals surface area contributed by atoms with Crippen molar-refractivity contribution in [3.8, 4) is 11.5 Å². The van der Waals surface area contributed by atoms with Gasteiger partial charge in [-0.1, -0.05) is 66.7 Å². The number of carbonyl (C=O) groups excluding carboxylic acids is 3. The van der Waals surface area contributed by atoms with Crippen molar-refractivity contribution in [2.24, 2.45) is 5.73 Å². The van der Waals surface area contributed by atoms with Gasteiger partial charge in [0.2, 0.25) is 5.91 Å². The monoisotopic (exact) mass is 476 g/mol. The molecule has 0 bridgehead atoms. The van der Waals surface area contributed by atoms with Gasteiger partial charge in [0, 0.05) is 13.3 Å². The Bertz CT molecular complexity index is 1130. The normalized spacial score (nSPS) is 11.2. The predicted octanol–water partition coefficient (Wildman–Crippen LogP) is 2.92. The quantitative estimate of drug-likeness (QED) is 0.388. The van der Waals surface area contributed by atoms with Gasteiger partial charge in [0.05, 0.1) is 0 Å². The fourth-order valence-electron chi connectivity index (χ4n) is 3.24. The highest BCUT2D eigenvalue weighted by atomic mass is 16.5. The topological polar surface area (TPSA) is 117 Å². The van der Waals surface area contributed by atoms with Crippen LogP contribution in [0.25, 0.3) is 0 Å². The van der Waals surface area contributed by atoms with E-state index in [9.17, 15) is 14.4 Å². The minimum atomic E-state index is -0.990. The standard InChI is InChI=1S/C27H28N2O6/c1-19(30)33-18-26(31)29-23(27(28)32)14-22-12-13-24(34-16-20-8-4-2-5-9-20)25(15-22)35-17-21-10-6-3-7-11-21/h2-13,15,23H,14,16-18H2,1H3,(H2,28,32)(H,29,31)/t23-/m1/s1. The summed E-state index contributed by atoms with van der Waals surface area (Å²) in [7, 11) is 0. The molecule has 8 heteroatoms. The number of nitrogens with one attached hydrogen (secondary N) is 1. The Morgan fingerprint density at radius 1 is 0.800 bits per heavy atom. The fourth-order valence-corrected chi connectivity index (χ4v) is 3.24. The van der Waals surface area contributed by atoms with Crippen molar-refractivity contribution >= 4 is 17.8 Å². The van der Waals surface area contributed by atoms with Crippen molar-refractivity contribution in [2.75, 3.05) is 6.61 Å². The van der Waals surface area contributed by atoms with Crippen LogP contribution in [-0.2, 0) is 38.8 Å². The molecule has 3 rings (SSSR count). The van der Waals surface area contributed by atoms with Gasteiger partial charge < -0.3 is 25.3 Å². The Balaban J connectivity index is 1.75. The molecule has 0 aliphatic rings. The van der Waals surface area contributed by atoms with Crippen molar-refractivity contribution in [3.05, 3.63) is 95.6 Å². The van der Waals surface area contributed by atoms with Crippen molar-refractivity contribution < 1.29 is 28.6 Å². The summed E-state index contributed by atoms with van der Waals surface area (Å²) in [6, 6.07) is 23.8. The second kappa shape index (κ2) is 12.8. The fraction of sp³-hybridized carbons (Fsp3) is 0.222. The molecule has 0 unspecified atom stereocenters. The van der Waals surface area contributed by atoms with E-state index in [-0.39, 0.29) is 6.42 Å². The van der Waals surface area contributed by atoms with E-state index in [1.165, 1.54) is 6.92 Å². The van der Waals surface area contributed by atoms with E-state index in [0.717, 1.165) is 11.1 Å². The molecular formula is C27H28N2O6. The van der Waals surface area contributed by atoms with E-state index in [2.05, 4.69) is 10.1 Å². The van der Waals surface area contributed by atoms with Gasteiger partial charge in [0.1, 0.15) is 19.3 Å². The van der Waals surface area contributed by atoms with Crippen LogP contribution in [0.5, 0.6) is 11.5 Å². The van der Waals surface area contributed by atoms with Crippen LogP contribution in [0.3, 0.4) is 0 Å². The number of esters is 1. The maximum Gasteiger partial charge on any atom is 0.303 e. The first-order valence-electron chi connectivity index (χ1n) is 11.1. The number of ether oxygens (including phenoxy) is 3. The molecule has 3 aromatic carbocycles. The molecule has 0 saturated heterocycles. The molecule has 3 aromatic rings. The van der Waals surface area contributed by atoms with Crippen molar-refractivity contribution in [2.45, 2.75) is 32.6 Å². The number of primary amides is 1. The molecule has 0 saturated carbocycles. The van der Waals surface area contributed by atoms with Gasteiger partial charge in [-0.15, -0.1) is 0 Å². The molecule has 2 amide bonds. The Kier molecular flexibility index (Phi) is 9.24. The van der Waals surface area contributed by atoms with Gasteiger partial charge >= 0.3 is 5.97 Å². The Morgan fingerprint density at radius 3 is 1.91 bits per heavy atom. The molecule has 0 spiro atoms. The Hall–Kier alpha value is -4.33. The van der Waals surface area contributed by atoms with E-state index >= 15 is 0 Å². The number of nitrogens with two attached hydrogens (primary N) is 1. The number of hydrogen-bond acceptors (Lipinski definition) is 6. The molecule has 3 N–H and O–H groups in total. The molecular weight excluding hydrogens is 448 g/mol. The first-order chi connectivity index (χ1) is 16.9. The maximum atomic E-state index is 12.0. The first kappa shape index (κ1) is 25.3. The van der Waals surface area contributed by atoms with Crippen molar-refractivity contribution in [3.63, 3.8) is 0 Å². The average Bonchev–Trinajstić information content (AvgIpc) is 2.86. The lowest BCUT2D eigenvalue weighted by molar-refractivity contribution is -0.146. The molecule has 0 heterocycles. The van der Waals surface area contributed by atoms with Crippen LogP contribution in [0.15, 0.2) is 78.9 Å². The summed E-state index contributed by atoms with van der Waals surface area (Å²) < 4.78 is 16.7. The minimum absolute atomic E-state index is 0.127. The summed E-state index contributed by atoms with van der Waals surface area (Å²) in [4.78, 5) is 34.9. The number of amides is 2. The molecule has 0 aliphatic heterocycles. The highest BCUT2D eigenvalue weighted by Gasteiger charge is 2.20. The van der Waals surface area contributed by atoms with Crippen molar-refractivity contribution in [1.29, 1.82) is 0 Å². The van der Waals surface area contributed by atoms with Crippen LogP contribution in [0, 0.1) is 0 Å². The second-order valence-electron chi connectivity index (χ2n) is 7.84. The average molecular weight is 477 g/mol. The Morgan fingerprint density at radius 2 is 1.37 bits per heavy atom. The maximum absolute atomic E-state index is 12.0. The van der Waals surface area contributed by atoms with Crippen LogP contribution in [0.1, 0.15) is 23.6 Å². The van der Waals surface area contributed by atoms with E-state index in [0.29, 0.717) is 30.3 Å². The number of rotatable bonds is 12. The highest BCUT2D eigenvalue weighted by Crippen LogP contribution is 2.30. The minimum Gasteiger partial charge on any atom is -0.485 e. The Labute approximate surface area is 204 Å². The van der Waals surface area contributed by atoms with E-state index < -0.39 is 30.4 Å². The largest absolute Gasteiger partial charge is 0.485 e. The molecule has 35 heavy (non-hydrogen) atoms. The summed E-state index contributed by atoms with van der Waals surface area (Å²) in [6.07, 6.45) is 0.127. The lowest BCUT2D eigenvalue weighted by atomic mass is 10.0. The number of hydrogen-bond donors (Lipinski definition) is 2. The molecule has 0 radical (unpaired) electrons. The van der Waals surface area contributed by atoms with Crippen LogP contribution in [0.4, 0.5) is 0 Å². The van der Waals surface area contributed by atoms with Gasteiger partial charge in [-0.2, -0.15) is 0 Å². The smallest absolute Gasteiger partial charge is 0.303 e. The zero-order chi connectivity index (χ0) is 25.0. The van der Waals surface area contributed by atoms with E-state index in [1.54, 1.807) is 18.2 Å². The third-order valence-corrected chi connectivity index (χ3v) is 5.01. The number of carbonyl (C=O) groups is 3. The lowest BCUT2D eigenvalue weighted by Crippen LogP contribution is -2.47. The lowest BCUT2D eigenvalue weighted by Gasteiger charge is -2.18. The molecule has 0 aromatic heterocycles. The molecule has 0 fully saturated rings. The predicted molar refractivity (Wildman–Crippen MR) is 129 cm³/mol. The molecule has 0 aliphatic carbocycles. The summed E-state index contributed by atoms with van der Waals surface area (Å²) in [5, 5.41) is 2.50. The van der Waals surface area contributed by atoms with Crippen molar-refractivity contribution in [1.82, 2.24) is 5.32 Å². The van der Waals surface area contributed by atoms with Crippen LogP contribution >= 0.6 is 0 Å².